The number of hydrogen-bond donors (Lipinski definition) is 1. The predicted octanol–water partition coefficient (Wildman–Crippen LogP) is 5.81. The lowest BCUT2D eigenvalue weighted by molar-refractivity contribution is -0.141. The summed E-state index contributed by atoms with van der Waals surface area (Å²) in [5, 5.41) is 3.06. The number of carbonyl (C=O) groups excluding carboxylic acids is 2. The number of nitrogens with one attached hydrogen (secondary N) is 1. The molecule has 202 valence electrons. The molecule has 0 fully saturated rings. The van der Waals surface area contributed by atoms with Gasteiger partial charge in [0.15, 0.2) is 11.5 Å². The van der Waals surface area contributed by atoms with Gasteiger partial charge in [0.05, 0.1) is 14.2 Å². The third-order valence-electron chi connectivity index (χ3n) is 6.30. The Morgan fingerprint density at radius 3 is 2.16 bits per heavy atom. The third kappa shape index (κ3) is 8.62. The molecule has 3 aromatic carbocycles. The van der Waals surface area contributed by atoms with Crippen molar-refractivity contribution in [2.45, 2.75) is 45.7 Å². The molecule has 0 radical (unpaired) electrons. The molecule has 0 aliphatic heterocycles. The summed E-state index contributed by atoms with van der Waals surface area (Å²) in [7, 11) is 3.19. The highest BCUT2D eigenvalue weighted by Crippen LogP contribution is 2.28. The summed E-state index contributed by atoms with van der Waals surface area (Å²) in [5.74, 6) is 1.35. The first kappa shape index (κ1) is 29.2. The smallest absolute Gasteiger partial charge is 0.243 e. The summed E-state index contributed by atoms with van der Waals surface area (Å²) < 4.78 is 11.7. The molecule has 0 aliphatic rings. The Kier molecular flexibility index (Phi) is 11.2. The second-order valence-corrected chi connectivity index (χ2v) is 10.6. The number of benzene rings is 3. The van der Waals surface area contributed by atoms with E-state index in [0.29, 0.717) is 43.3 Å². The summed E-state index contributed by atoms with van der Waals surface area (Å²) in [6.07, 6.45) is 1.21. The molecule has 0 saturated carbocycles. The van der Waals surface area contributed by atoms with Crippen LogP contribution < -0.4 is 14.8 Å². The Morgan fingerprint density at radius 1 is 0.868 bits per heavy atom. The number of ether oxygens (including phenoxy) is 2. The van der Waals surface area contributed by atoms with Crippen LogP contribution in [0.3, 0.4) is 0 Å². The Labute approximate surface area is 234 Å². The number of aryl methyl sites for hydroxylation is 1. The van der Waals surface area contributed by atoms with Crippen molar-refractivity contribution in [2.24, 2.45) is 5.92 Å². The largest absolute Gasteiger partial charge is 0.493 e. The van der Waals surface area contributed by atoms with Gasteiger partial charge in [-0.2, -0.15) is 0 Å². The van der Waals surface area contributed by atoms with E-state index in [-0.39, 0.29) is 18.2 Å². The van der Waals surface area contributed by atoms with E-state index >= 15 is 0 Å². The van der Waals surface area contributed by atoms with Crippen LogP contribution in [0.15, 0.2) is 77.3 Å². The Bertz CT molecular complexity index is 1180. The number of rotatable bonds is 13. The highest BCUT2D eigenvalue weighted by atomic mass is 79.9. The van der Waals surface area contributed by atoms with E-state index in [9.17, 15) is 9.59 Å². The summed E-state index contributed by atoms with van der Waals surface area (Å²) in [5.41, 5.74) is 2.93. The van der Waals surface area contributed by atoms with Crippen molar-refractivity contribution < 1.29 is 19.1 Å². The second kappa shape index (κ2) is 14.6. The zero-order valence-electron chi connectivity index (χ0n) is 22.6. The zero-order valence-corrected chi connectivity index (χ0v) is 24.2. The van der Waals surface area contributed by atoms with E-state index in [4.69, 9.17) is 9.47 Å². The molecule has 1 atom stereocenters. The molecule has 3 rings (SSSR count). The fourth-order valence-electron chi connectivity index (χ4n) is 4.19. The first-order valence-electron chi connectivity index (χ1n) is 12.9. The molecule has 0 spiro atoms. The van der Waals surface area contributed by atoms with Gasteiger partial charge in [0.25, 0.3) is 0 Å². The van der Waals surface area contributed by atoms with Crippen molar-refractivity contribution in [3.8, 4) is 11.5 Å². The molecular formula is C31H37BrN2O4. The fraction of sp³-hybridized carbons (Fsp3) is 0.355. The fourth-order valence-corrected chi connectivity index (χ4v) is 4.46. The monoisotopic (exact) mass is 580 g/mol. The molecule has 0 heterocycles. The quantitative estimate of drug-likeness (QED) is 0.277. The second-order valence-electron chi connectivity index (χ2n) is 9.68. The van der Waals surface area contributed by atoms with Gasteiger partial charge >= 0.3 is 0 Å². The zero-order chi connectivity index (χ0) is 27.5. The van der Waals surface area contributed by atoms with Crippen LogP contribution in [0.5, 0.6) is 11.5 Å². The molecule has 0 saturated heterocycles. The minimum absolute atomic E-state index is 0.0802. The van der Waals surface area contributed by atoms with Crippen molar-refractivity contribution in [3.05, 3.63) is 94.0 Å². The van der Waals surface area contributed by atoms with Gasteiger partial charge in [-0.25, -0.2) is 0 Å². The number of hydrogen-bond acceptors (Lipinski definition) is 4. The van der Waals surface area contributed by atoms with E-state index in [1.807, 2.05) is 72.8 Å². The van der Waals surface area contributed by atoms with Crippen molar-refractivity contribution >= 4 is 27.7 Å². The van der Waals surface area contributed by atoms with Crippen LogP contribution in [0, 0.1) is 5.92 Å². The van der Waals surface area contributed by atoms with Gasteiger partial charge in [-0.1, -0.05) is 78.3 Å². The number of methoxy groups -OCH3 is 2. The van der Waals surface area contributed by atoms with Gasteiger partial charge in [-0.05, 0) is 53.3 Å². The van der Waals surface area contributed by atoms with Gasteiger partial charge in [-0.3, -0.25) is 9.59 Å². The molecule has 38 heavy (non-hydrogen) atoms. The lowest BCUT2D eigenvalue weighted by atomic mass is 10.0. The van der Waals surface area contributed by atoms with E-state index in [0.717, 1.165) is 21.2 Å². The van der Waals surface area contributed by atoms with Gasteiger partial charge in [0.1, 0.15) is 6.04 Å². The molecule has 3 aromatic rings. The number of halogens is 1. The van der Waals surface area contributed by atoms with Gasteiger partial charge in [-0.15, -0.1) is 0 Å². The molecule has 6 nitrogen and oxygen atoms in total. The van der Waals surface area contributed by atoms with Crippen molar-refractivity contribution in [1.82, 2.24) is 10.2 Å². The Balaban J connectivity index is 1.89. The highest BCUT2D eigenvalue weighted by molar-refractivity contribution is 9.10. The maximum Gasteiger partial charge on any atom is 0.243 e. The minimum Gasteiger partial charge on any atom is -0.493 e. The summed E-state index contributed by atoms with van der Waals surface area (Å²) in [4.78, 5) is 29.1. The van der Waals surface area contributed by atoms with Gasteiger partial charge in [0, 0.05) is 30.4 Å². The van der Waals surface area contributed by atoms with Crippen LogP contribution in [0.2, 0.25) is 0 Å². The summed E-state index contributed by atoms with van der Waals surface area (Å²) in [6.45, 7) is 5.00. The van der Waals surface area contributed by atoms with E-state index in [1.165, 1.54) is 0 Å². The van der Waals surface area contributed by atoms with Gasteiger partial charge in [0.2, 0.25) is 11.8 Å². The minimum atomic E-state index is -0.641. The number of amides is 2. The van der Waals surface area contributed by atoms with Crippen LogP contribution in [0.25, 0.3) is 0 Å². The SMILES string of the molecule is COc1ccc(CCC(=O)N(Cc2ccc(Br)cc2)[C@@H](Cc2ccccc2)C(=O)NCC(C)C)cc1OC. The summed E-state index contributed by atoms with van der Waals surface area (Å²) in [6, 6.07) is 22.7. The highest BCUT2D eigenvalue weighted by Gasteiger charge is 2.30. The lowest BCUT2D eigenvalue weighted by Crippen LogP contribution is -2.51. The van der Waals surface area contributed by atoms with Crippen LogP contribution >= 0.6 is 15.9 Å². The van der Waals surface area contributed by atoms with Crippen LogP contribution in [-0.4, -0.2) is 43.5 Å². The van der Waals surface area contributed by atoms with Crippen LogP contribution in [0.4, 0.5) is 0 Å². The van der Waals surface area contributed by atoms with Crippen molar-refractivity contribution in [1.29, 1.82) is 0 Å². The first-order valence-corrected chi connectivity index (χ1v) is 13.7. The normalized spacial score (nSPS) is 11.6. The maximum absolute atomic E-state index is 13.8. The standard InChI is InChI=1S/C31H37BrN2O4/c1-22(2)20-33-31(36)27(18-23-8-6-5-7-9-23)34(21-25-10-14-26(32)15-11-25)30(35)17-13-24-12-16-28(37-3)29(19-24)38-4/h5-12,14-16,19,22,27H,13,17-18,20-21H2,1-4H3,(H,33,36)/t27-/m0/s1. The molecule has 7 heteroatoms. The topological polar surface area (TPSA) is 67.9 Å². The van der Waals surface area contributed by atoms with Crippen LogP contribution in [0.1, 0.15) is 37.0 Å². The van der Waals surface area contributed by atoms with Crippen LogP contribution in [-0.2, 0) is 29.0 Å². The number of carbonyl (C=O) groups is 2. The Hall–Kier alpha value is -3.32. The molecule has 2 amide bonds. The average molecular weight is 582 g/mol. The first-order chi connectivity index (χ1) is 18.3. The predicted molar refractivity (Wildman–Crippen MR) is 154 cm³/mol. The summed E-state index contributed by atoms with van der Waals surface area (Å²) >= 11 is 3.48. The average Bonchev–Trinajstić information content (AvgIpc) is 2.93. The van der Waals surface area contributed by atoms with E-state index in [2.05, 4.69) is 35.1 Å². The molecule has 0 unspecified atom stereocenters. The molecule has 0 bridgehead atoms. The molecule has 0 aromatic heterocycles. The van der Waals surface area contributed by atoms with Crippen molar-refractivity contribution in [3.63, 3.8) is 0 Å². The molecule has 1 N–H and O–H groups in total. The van der Waals surface area contributed by atoms with Gasteiger partial charge < -0.3 is 19.7 Å². The maximum atomic E-state index is 13.8. The molecular weight excluding hydrogens is 544 g/mol. The Morgan fingerprint density at radius 2 is 1.53 bits per heavy atom. The molecule has 0 aliphatic carbocycles. The van der Waals surface area contributed by atoms with E-state index in [1.54, 1.807) is 19.1 Å². The number of nitrogens with zero attached hydrogens (tertiary/aromatic N) is 1. The lowest BCUT2D eigenvalue weighted by Gasteiger charge is -2.32. The van der Waals surface area contributed by atoms with Crippen molar-refractivity contribution in [2.75, 3.05) is 20.8 Å². The van der Waals surface area contributed by atoms with E-state index < -0.39 is 6.04 Å². The third-order valence-corrected chi connectivity index (χ3v) is 6.83.